The van der Waals surface area contributed by atoms with Crippen LogP contribution >= 0.6 is 0 Å². The van der Waals surface area contributed by atoms with Crippen molar-refractivity contribution in [1.29, 1.82) is 0 Å². The predicted molar refractivity (Wildman–Crippen MR) is 60.9 cm³/mol. The Kier molecular flexibility index (Phi) is 2.58. The number of fused-ring (bicyclic) bond motifs is 1. The molecule has 3 rings (SSSR count). The number of anilines is 1. The van der Waals surface area contributed by atoms with Gasteiger partial charge in [0.1, 0.15) is 0 Å². The van der Waals surface area contributed by atoms with E-state index in [2.05, 4.69) is 16.7 Å². The second kappa shape index (κ2) is 4.22. The summed E-state index contributed by atoms with van der Waals surface area (Å²) in [5.74, 6) is 1.70. The predicted octanol–water partition coefficient (Wildman–Crippen LogP) is 0.553. The molecule has 0 aliphatic carbocycles. The number of benzene rings is 1. The van der Waals surface area contributed by atoms with E-state index >= 15 is 0 Å². The zero-order valence-corrected chi connectivity index (χ0v) is 9.24. The van der Waals surface area contributed by atoms with Crippen molar-refractivity contribution in [2.45, 2.75) is 18.9 Å². The van der Waals surface area contributed by atoms with Gasteiger partial charge in [-0.1, -0.05) is 0 Å². The molecule has 4 heteroatoms. The van der Waals surface area contributed by atoms with Gasteiger partial charge >= 0.3 is 0 Å². The van der Waals surface area contributed by atoms with Gasteiger partial charge in [-0.25, -0.2) is 0 Å². The smallest absolute Gasteiger partial charge is 0.231 e. The van der Waals surface area contributed by atoms with Gasteiger partial charge in [-0.15, -0.1) is 0 Å². The number of ether oxygens (including phenoxy) is 2. The Morgan fingerprint density at radius 3 is 2.81 bits per heavy atom. The maximum absolute atomic E-state index is 5.36. The summed E-state index contributed by atoms with van der Waals surface area (Å²) in [4.78, 5) is 0. The molecule has 2 aliphatic rings. The lowest BCUT2D eigenvalue weighted by molar-refractivity contribution is -0.662. The van der Waals surface area contributed by atoms with Crippen molar-refractivity contribution in [3.63, 3.8) is 0 Å². The Bertz CT molecular complexity index is 375. The zero-order valence-electron chi connectivity index (χ0n) is 9.24. The lowest BCUT2D eigenvalue weighted by atomic mass is 10.1. The summed E-state index contributed by atoms with van der Waals surface area (Å²) in [6, 6.07) is 6.66. The van der Waals surface area contributed by atoms with Crippen LogP contribution in [0.3, 0.4) is 0 Å². The summed E-state index contributed by atoms with van der Waals surface area (Å²) in [5, 5.41) is 5.93. The highest BCUT2D eigenvalue weighted by Gasteiger charge is 2.17. The maximum atomic E-state index is 5.36. The summed E-state index contributed by atoms with van der Waals surface area (Å²) < 4.78 is 10.6. The Labute approximate surface area is 94.9 Å². The Hall–Kier alpha value is -1.42. The number of hydrogen-bond acceptors (Lipinski definition) is 3. The third kappa shape index (κ3) is 1.93. The number of hydrogen-bond donors (Lipinski definition) is 2. The van der Waals surface area contributed by atoms with Gasteiger partial charge in [-0.05, 0) is 12.1 Å². The Balaban J connectivity index is 1.69. The molecule has 0 amide bonds. The van der Waals surface area contributed by atoms with Crippen molar-refractivity contribution in [2.24, 2.45) is 0 Å². The van der Waals surface area contributed by atoms with Crippen LogP contribution in [0.2, 0.25) is 0 Å². The van der Waals surface area contributed by atoms with Crippen molar-refractivity contribution in [3.05, 3.63) is 18.2 Å². The lowest BCUT2D eigenvalue weighted by Crippen LogP contribution is -2.87. The molecule has 0 atom stereocenters. The second-order valence-corrected chi connectivity index (χ2v) is 4.35. The number of nitrogens with one attached hydrogen (secondary N) is 1. The van der Waals surface area contributed by atoms with Gasteiger partial charge in [0.05, 0.1) is 13.1 Å². The zero-order chi connectivity index (χ0) is 10.8. The van der Waals surface area contributed by atoms with E-state index in [1.807, 2.05) is 12.1 Å². The van der Waals surface area contributed by atoms with Gasteiger partial charge in [-0.2, -0.15) is 0 Å². The molecule has 0 aromatic heterocycles. The number of nitrogens with two attached hydrogens (primary N) is 1. The van der Waals surface area contributed by atoms with Crippen LogP contribution < -0.4 is 20.1 Å². The van der Waals surface area contributed by atoms with Crippen LogP contribution in [0.5, 0.6) is 11.5 Å². The molecule has 1 aromatic carbocycles. The SMILES string of the molecule is c1cc2c(cc1NC1CC[NH2+]CC1)OCO2. The molecular formula is C12H17N2O2+. The first-order valence-electron chi connectivity index (χ1n) is 5.90. The van der Waals surface area contributed by atoms with Crippen molar-refractivity contribution < 1.29 is 14.8 Å². The van der Waals surface area contributed by atoms with Crippen molar-refractivity contribution >= 4 is 5.69 Å². The van der Waals surface area contributed by atoms with E-state index in [1.165, 1.54) is 25.9 Å². The van der Waals surface area contributed by atoms with Gasteiger partial charge < -0.3 is 20.1 Å². The molecule has 16 heavy (non-hydrogen) atoms. The Morgan fingerprint density at radius 2 is 1.94 bits per heavy atom. The summed E-state index contributed by atoms with van der Waals surface area (Å²) in [6.07, 6.45) is 2.46. The molecule has 2 heterocycles. The standard InChI is InChI=1S/C12H16N2O2/c1-2-11-12(16-8-15-11)7-10(1)14-9-3-5-13-6-4-9/h1-2,7,9,13-14H,3-6,8H2/p+1. The molecule has 0 radical (unpaired) electrons. The van der Waals surface area contributed by atoms with Crippen LogP contribution in [0.1, 0.15) is 12.8 Å². The highest BCUT2D eigenvalue weighted by molar-refractivity contribution is 5.56. The van der Waals surface area contributed by atoms with E-state index in [-0.39, 0.29) is 0 Å². The van der Waals surface area contributed by atoms with E-state index in [4.69, 9.17) is 9.47 Å². The van der Waals surface area contributed by atoms with Gasteiger partial charge in [0, 0.05) is 30.6 Å². The molecule has 4 nitrogen and oxygen atoms in total. The van der Waals surface area contributed by atoms with Gasteiger partial charge in [0.25, 0.3) is 0 Å². The average Bonchev–Trinajstić information content (AvgIpc) is 2.77. The molecule has 0 saturated carbocycles. The minimum atomic E-state index is 0.344. The fourth-order valence-electron chi connectivity index (χ4n) is 2.29. The molecular weight excluding hydrogens is 204 g/mol. The van der Waals surface area contributed by atoms with E-state index in [9.17, 15) is 0 Å². The average molecular weight is 221 g/mol. The minimum Gasteiger partial charge on any atom is -0.454 e. The van der Waals surface area contributed by atoms with Crippen LogP contribution in [0.4, 0.5) is 5.69 Å². The monoisotopic (exact) mass is 221 g/mol. The molecule has 2 aliphatic heterocycles. The van der Waals surface area contributed by atoms with Gasteiger partial charge in [0.15, 0.2) is 11.5 Å². The largest absolute Gasteiger partial charge is 0.454 e. The molecule has 0 bridgehead atoms. The van der Waals surface area contributed by atoms with Crippen molar-refractivity contribution in [3.8, 4) is 11.5 Å². The molecule has 0 spiro atoms. The summed E-state index contributed by atoms with van der Waals surface area (Å²) in [5.41, 5.74) is 1.14. The molecule has 0 unspecified atom stereocenters. The van der Waals surface area contributed by atoms with Crippen molar-refractivity contribution in [1.82, 2.24) is 0 Å². The molecule has 1 aromatic rings. The maximum Gasteiger partial charge on any atom is 0.231 e. The molecule has 1 fully saturated rings. The van der Waals surface area contributed by atoms with E-state index in [0.717, 1.165) is 17.2 Å². The highest BCUT2D eigenvalue weighted by Crippen LogP contribution is 2.34. The van der Waals surface area contributed by atoms with E-state index in [1.54, 1.807) is 0 Å². The number of piperidine rings is 1. The molecule has 3 N–H and O–H groups in total. The fraction of sp³-hybridized carbons (Fsp3) is 0.500. The summed E-state index contributed by atoms with van der Waals surface area (Å²) in [7, 11) is 0. The lowest BCUT2D eigenvalue weighted by Gasteiger charge is -2.22. The summed E-state index contributed by atoms with van der Waals surface area (Å²) in [6.45, 7) is 2.79. The fourth-order valence-corrected chi connectivity index (χ4v) is 2.29. The third-order valence-electron chi connectivity index (χ3n) is 3.18. The van der Waals surface area contributed by atoms with E-state index < -0.39 is 0 Å². The first-order valence-corrected chi connectivity index (χ1v) is 5.90. The third-order valence-corrected chi connectivity index (χ3v) is 3.18. The summed E-state index contributed by atoms with van der Waals surface area (Å²) >= 11 is 0. The first-order chi connectivity index (χ1) is 7.92. The second-order valence-electron chi connectivity index (χ2n) is 4.35. The topological polar surface area (TPSA) is 47.1 Å². The van der Waals surface area contributed by atoms with Gasteiger partial charge in [0.2, 0.25) is 6.79 Å². The molecule has 1 saturated heterocycles. The van der Waals surface area contributed by atoms with Crippen LogP contribution in [0.15, 0.2) is 18.2 Å². The first kappa shape index (κ1) is 9.78. The highest BCUT2D eigenvalue weighted by atomic mass is 16.7. The quantitative estimate of drug-likeness (QED) is 0.767. The Morgan fingerprint density at radius 1 is 1.12 bits per heavy atom. The van der Waals surface area contributed by atoms with Crippen LogP contribution in [0, 0.1) is 0 Å². The van der Waals surface area contributed by atoms with Gasteiger partial charge in [-0.3, -0.25) is 0 Å². The number of quaternary nitrogens is 1. The van der Waals surface area contributed by atoms with Crippen LogP contribution in [-0.2, 0) is 0 Å². The molecule has 86 valence electrons. The minimum absolute atomic E-state index is 0.344. The number of rotatable bonds is 2. The van der Waals surface area contributed by atoms with Crippen LogP contribution in [-0.4, -0.2) is 25.9 Å². The normalized spacial score (nSPS) is 19.8. The van der Waals surface area contributed by atoms with E-state index in [0.29, 0.717) is 12.8 Å². The van der Waals surface area contributed by atoms with Crippen LogP contribution in [0.25, 0.3) is 0 Å². The van der Waals surface area contributed by atoms with Crippen molar-refractivity contribution in [2.75, 3.05) is 25.2 Å².